The van der Waals surface area contributed by atoms with E-state index in [9.17, 15) is 5.11 Å². The van der Waals surface area contributed by atoms with Crippen molar-refractivity contribution in [3.8, 4) is 5.75 Å². The molecule has 7 heteroatoms. The van der Waals surface area contributed by atoms with Crippen molar-refractivity contribution in [2.24, 2.45) is 10.2 Å². The van der Waals surface area contributed by atoms with E-state index >= 15 is 0 Å². The third-order valence-electron chi connectivity index (χ3n) is 3.48. The number of benzene rings is 1. The van der Waals surface area contributed by atoms with Crippen LogP contribution in [0.3, 0.4) is 0 Å². The SMILES string of the molecule is CCCN(CCC)c1ccc(N=Nc2nnc(C(C)C)s2)c(O)c1. The van der Waals surface area contributed by atoms with Crippen molar-refractivity contribution in [2.45, 2.75) is 46.5 Å². The Morgan fingerprint density at radius 1 is 1.12 bits per heavy atom. The van der Waals surface area contributed by atoms with Crippen LogP contribution in [0.25, 0.3) is 0 Å². The van der Waals surface area contributed by atoms with Crippen LogP contribution < -0.4 is 4.90 Å². The quantitative estimate of drug-likeness (QED) is 0.648. The van der Waals surface area contributed by atoms with Crippen molar-refractivity contribution in [3.05, 3.63) is 23.2 Å². The Hall–Kier alpha value is -2.02. The lowest BCUT2D eigenvalue weighted by Crippen LogP contribution is -2.24. The summed E-state index contributed by atoms with van der Waals surface area (Å²) >= 11 is 1.41. The van der Waals surface area contributed by atoms with Gasteiger partial charge in [0.2, 0.25) is 0 Å². The van der Waals surface area contributed by atoms with Gasteiger partial charge in [-0.3, -0.25) is 0 Å². The zero-order chi connectivity index (χ0) is 17.5. The molecule has 0 aliphatic heterocycles. The molecule has 130 valence electrons. The van der Waals surface area contributed by atoms with Crippen molar-refractivity contribution >= 4 is 27.8 Å². The fourth-order valence-electron chi connectivity index (χ4n) is 2.30. The fraction of sp³-hybridized carbons (Fsp3) is 0.529. The summed E-state index contributed by atoms with van der Waals surface area (Å²) in [5, 5.41) is 27.9. The molecule has 2 aromatic rings. The number of rotatable bonds is 8. The third-order valence-corrected chi connectivity index (χ3v) is 4.59. The molecular weight excluding hydrogens is 322 g/mol. The smallest absolute Gasteiger partial charge is 0.251 e. The molecule has 0 saturated heterocycles. The zero-order valence-electron chi connectivity index (χ0n) is 14.7. The minimum atomic E-state index is 0.127. The number of hydrogen-bond donors (Lipinski definition) is 1. The summed E-state index contributed by atoms with van der Waals surface area (Å²) in [5.41, 5.74) is 1.45. The molecule has 0 atom stereocenters. The van der Waals surface area contributed by atoms with Gasteiger partial charge in [-0.05, 0) is 25.0 Å². The van der Waals surface area contributed by atoms with E-state index in [0.717, 1.165) is 36.6 Å². The first kappa shape index (κ1) is 18.3. The minimum absolute atomic E-state index is 0.127. The van der Waals surface area contributed by atoms with E-state index < -0.39 is 0 Å². The largest absolute Gasteiger partial charge is 0.506 e. The molecule has 1 aromatic heterocycles. The van der Waals surface area contributed by atoms with Crippen LogP contribution in [-0.2, 0) is 0 Å². The molecule has 0 spiro atoms. The second-order valence-electron chi connectivity index (χ2n) is 5.94. The van der Waals surface area contributed by atoms with Gasteiger partial charge in [-0.15, -0.1) is 20.4 Å². The summed E-state index contributed by atoms with van der Waals surface area (Å²) in [7, 11) is 0. The Kier molecular flexibility index (Phi) is 6.66. The summed E-state index contributed by atoms with van der Waals surface area (Å²) in [6, 6.07) is 5.51. The number of aromatic nitrogens is 2. The molecule has 6 nitrogen and oxygen atoms in total. The highest BCUT2D eigenvalue weighted by atomic mass is 32.1. The summed E-state index contributed by atoms with van der Waals surface area (Å²) < 4.78 is 0. The lowest BCUT2D eigenvalue weighted by molar-refractivity contribution is 0.476. The summed E-state index contributed by atoms with van der Waals surface area (Å²) in [4.78, 5) is 2.26. The van der Waals surface area contributed by atoms with E-state index in [4.69, 9.17) is 0 Å². The second-order valence-corrected chi connectivity index (χ2v) is 6.93. The maximum absolute atomic E-state index is 10.2. The van der Waals surface area contributed by atoms with Gasteiger partial charge < -0.3 is 10.0 Å². The van der Waals surface area contributed by atoms with E-state index in [1.165, 1.54) is 11.3 Å². The van der Waals surface area contributed by atoms with E-state index in [1.807, 2.05) is 6.07 Å². The van der Waals surface area contributed by atoms with Crippen molar-refractivity contribution in [1.29, 1.82) is 0 Å². The number of azo groups is 1. The maximum Gasteiger partial charge on any atom is 0.251 e. The zero-order valence-corrected chi connectivity index (χ0v) is 15.5. The molecule has 0 aliphatic carbocycles. The van der Waals surface area contributed by atoms with Crippen LogP contribution in [0.5, 0.6) is 5.75 Å². The third kappa shape index (κ3) is 4.74. The Bertz CT molecular complexity index is 677. The van der Waals surface area contributed by atoms with Crippen LogP contribution in [0, 0.1) is 0 Å². The predicted octanol–water partition coefficient (Wildman–Crippen LogP) is 5.41. The van der Waals surface area contributed by atoms with Crippen LogP contribution in [0.1, 0.15) is 51.5 Å². The number of nitrogens with zero attached hydrogens (tertiary/aromatic N) is 5. The van der Waals surface area contributed by atoms with Crippen molar-refractivity contribution in [1.82, 2.24) is 10.2 Å². The van der Waals surface area contributed by atoms with Crippen LogP contribution in [0.4, 0.5) is 16.5 Å². The van der Waals surface area contributed by atoms with Crippen LogP contribution in [-0.4, -0.2) is 28.4 Å². The summed E-state index contributed by atoms with van der Waals surface area (Å²) in [5.74, 6) is 0.448. The topological polar surface area (TPSA) is 74.0 Å². The molecule has 1 aromatic carbocycles. The van der Waals surface area contributed by atoms with Gasteiger partial charge >= 0.3 is 0 Å². The monoisotopic (exact) mass is 347 g/mol. The Morgan fingerprint density at radius 3 is 2.38 bits per heavy atom. The number of phenolic OH excluding ortho intramolecular Hbond substituents is 1. The molecule has 0 fully saturated rings. The maximum atomic E-state index is 10.2. The normalized spacial score (nSPS) is 11.5. The van der Waals surface area contributed by atoms with Crippen LogP contribution in [0.15, 0.2) is 28.4 Å². The molecule has 2 rings (SSSR count). The predicted molar refractivity (Wildman–Crippen MR) is 99.1 cm³/mol. The minimum Gasteiger partial charge on any atom is -0.506 e. The van der Waals surface area contributed by atoms with Gasteiger partial charge in [0.1, 0.15) is 16.4 Å². The highest BCUT2D eigenvalue weighted by Gasteiger charge is 2.09. The number of aromatic hydroxyl groups is 1. The van der Waals surface area contributed by atoms with Gasteiger partial charge in [-0.1, -0.05) is 39.0 Å². The van der Waals surface area contributed by atoms with Gasteiger partial charge in [0, 0.05) is 30.8 Å². The molecule has 0 saturated carbocycles. The van der Waals surface area contributed by atoms with Crippen LogP contribution >= 0.6 is 11.3 Å². The summed E-state index contributed by atoms with van der Waals surface area (Å²) in [6.45, 7) is 10.4. The fourth-order valence-corrected chi connectivity index (χ4v) is 2.97. The Balaban J connectivity index is 2.15. The number of hydrogen-bond acceptors (Lipinski definition) is 7. The molecule has 0 bridgehead atoms. The number of anilines is 1. The van der Waals surface area contributed by atoms with Gasteiger partial charge in [0.15, 0.2) is 0 Å². The molecular formula is C17H25N5OS. The first-order chi connectivity index (χ1) is 11.5. The van der Waals surface area contributed by atoms with E-state index in [2.05, 4.69) is 53.0 Å². The first-order valence-corrected chi connectivity index (χ1v) is 9.19. The molecule has 1 heterocycles. The lowest BCUT2D eigenvalue weighted by Gasteiger charge is -2.24. The van der Waals surface area contributed by atoms with Gasteiger partial charge in [0.05, 0.1) is 0 Å². The molecule has 0 radical (unpaired) electrons. The van der Waals surface area contributed by atoms with Crippen molar-refractivity contribution < 1.29 is 5.11 Å². The van der Waals surface area contributed by atoms with Gasteiger partial charge in [-0.2, -0.15) is 0 Å². The van der Waals surface area contributed by atoms with E-state index in [0.29, 0.717) is 16.7 Å². The standard InChI is InChI=1S/C17H25N5OS/c1-5-9-22(10-6-2)13-7-8-14(15(23)11-13)18-20-17-21-19-16(24-17)12(3)4/h7-8,11-12,23H,5-6,9-10H2,1-4H3. The second kappa shape index (κ2) is 8.73. The summed E-state index contributed by atoms with van der Waals surface area (Å²) in [6.07, 6.45) is 2.13. The molecule has 1 N–H and O–H groups in total. The number of phenols is 1. The molecule has 24 heavy (non-hydrogen) atoms. The Morgan fingerprint density at radius 2 is 1.83 bits per heavy atom. The highest BCUT2D eigenvalue weighted by molar-refractivity contribution is 7.15. The van der Waals surface area contributed by atoms with Gasteiger partial charge in [0.25, 0.3) is 5.13 Å². The van der Waals surface area contributed by atoms with Crippen LogP contribution in [0.2, 0.25) is 0 Å². The molecule has 0 unspecified atom stereocenters. The van der Waals surface area contributed by atoms with Crippen molar-refractivity contribution in [3.63, 3.8) is 0 Å². The van der Waals surface area contributed by atoms with Crippen molar-refractivity contribution in [2.75, 3.05) is 18.0 Å². The lowest BCUT2D eigenvalue weighted by atomic mass is 10.2. The highest BCUT2D eigenvalue weighted by Crippen LogP contribution is 2.33. The Labute approximate surface area is 147 Å². The average Bonchev–Trinajstić information content (AvgIpc) is 3.03. The average molecular weight is 347 g/mol. The molecule has 0 amide bonds. The first-order valence-electron chi connectivity index (χ1n) is 8.38. The van der Waals surface area contributed by atoms with Gasteiger partial charge in [-0.25, -0.2) is 0 Å². The van der Waals surface area contributed by atoms with E-state index in [-0.39, 0.29) is 5.75 Å². The van der Waals surface area contributed by atoms with E-state index in [1.54, 1.807) is 12.1 Å². The molecule has 0 aliphatic rings.